The van der Waals surface area contributed by atoms with Gasteiger partial charge in [-0.05, 0) is 20.8 Å². The van der Waals surface area contributed by atoms with Crippen molar-refractivity contribution in [3.63, 3.8) is 0 Å². The molecule has 0 radical (unpaired) electrons. The van der Waals surface area contributed by atoms with Crippen molar-refractivity contribution < 1.29 is 13.5 Å². The summed E-state index contributed by atoms with van der Waals surface area (Å²) in [4.78, 5) is 0. The Hall–Kier alpha value is -0.130. The molecule has 0 heterocycles. The maximum absolute atomic E-state index is 10.8. The summed E-state index contributed by atoms with van der Waals surface area (Å²) in [5.74, 6) is 0.100. The highest BCUT2D eigenvalue weighted by Crippen LogP contribution is 2.07. The summed E-state index contributed by atoms with van der Waals surface area (Å²) in [6, 6.07) is 0. The number of rotatable bonds is 5. The van der Waals surface area contributed by atoms with Gasteiger partial charge in [0.15, 0.2) is 0 Å². The minimum atomic E-state index is -2.92. The quantitative estimate of drug-likeness (QED) is 0.657. The van der Waals surface area contributed by atoms with E-state index in [-0.39, 0.29) is 5.75 Å². The Labute approximate surface area is 80.3 Å². The van der Waals surface area contributed by atoms with Crippen LogP contribution in [0.4, 0.5) is 0 Å². The van der Waals surface area contributed by atoms with Crippen LogP contribution in [0.2, 0.25) is 0 Å². The van der Waals surface area contributed by atoms with Gasteiger partial charge in [-0.3, -0.25) is 0 Å². The molecule has 2 N–H and O–H groups in total. The van der Waals surface area contributed by atoms with Crippen LogP contribution in [0.25, 0.3) is 0 Å². The van der Waals surface area contributed by atoms with E-state index in [0.717, 1.165) is 0 Å². The first-order valence-corrected chi connectivity index (χ1v) is 6.32. The van der Waals surface area contributed by atoms with Crippen LogP contribution in [-0.4, -0.2) is 43.7 Å². The lowest BCUT2D eigenvalue weighted by atomic mass is 9.99. The molecule has 0 aliphatic rings. The maximum Gasteiger partial charge on any atom is 0.148 e. The van der Waals surface area contributed by atoms with Gasteiger partial charge in [-0.2, -0.15) is 0 Å². The smallest absolute Gasteiger partial charge is 0.148 e. The van der Waals surface area contributed by atoms with E-state index in [1.165, 1.54) is 6.26 Å². The number of sulfone groups is 1. The van der Waals surface area contributed by atoms with Gasteiger partial charge >= 0.3 is 0 Å². The molecular formula is C8H19NO3S. The molecule has 0 saturated heterocycles. The SMILES string of the molecule is CC(O)C(C)(C)NCCS(C)(=O)=O. The van der Waals surface area contributed by atoms with Crippen molar-refractivity contribution in [1.82, 2.24) is 5.32 Å². The molecule has 0 spiro atoms. The molecule has 0 aliphatic heterocycles. The van der Waals surface area contributed by atoms with Crippen molar-refractivity contribution in [2.75, 3.05) is 18.6 Å². The second kappa shape index (κ2) is 4.39. The Morgan fingerprint density at radius 1 is 1.46 bits per heavy atom. The Kier molecular flexibility index (Phi) is 4.35. The van der Waals surface area contributed by atoms with E-state index in [4.69, 9.17) is 0 Å². The zero-order valence-corrected chi connectivity index (χ0v) is 9.48. The van der Waals surface area contributed by atoms with Crippen molar-refractivity contribution in [3.8, 4) is 0 Å². The van der Waals surface area contributed by atoms with Crippen LogP contribution >= 0.6 is 0 Å². The number of hydrogen-bond acceptors (Lipinski definition) is 4. The van der Waals surface area contributed by atoms with Gasteiger partial charge in [0.05, 0.1) is 11.9 Å². The van der Waals surface area contributed by atoms with E-state index in [2.05, 4.69) is 5.32 Å². The fourth-order valence-electron chi connectivity index (χ4n) is 0.706. The van der Waals surface area contributed by atoms with Crippen LogP contribution in [0.15, 0.2) is 0 Å². The van der Waals surface area contributed by atoms with Gasteiger partial charge in [0.2, 0.25) is 0 Å². The summed E-state index contributed by atoms with van der Waals surface area (Å²) in [5, 5.41) is 12.3. The number of aliphatic hydroxyl groups is 1. The largest absolute Gasteiger partial charge is 0.392 e. The highest BCUT2D eigenvalue weighted by molar-refractivity contribution is 7.90. The molecule has 0 rings (SSSR count). The first kappa shape index (κ1) is 12.9. The summed E-state index contributed by atoms with van der Waals surface area (Å²) in [7, 11) is -2.92. The van der Waals surface area contributed by atoms with Crippen LogP contribution in [0.3, 0.4) is 0 Å². The van der Waals surface area contributed by atoms with Gasteiger partial charge in [0, 0.05) is 18.3 Å². The first-order chi connectivity index (χ1) is 5.65. The van der Waals surface area contributed by atoms with Gasteiger partial charge < -0.3 is 10.4 Å². The lowest BCUT2D eigenvalue weighted by molar-refractivity contribution is 0.0983. The third-order valence-corrected chi connectivity index (χ3v) is 3.04. The Morgan fingerprint density at radius 3 is 2.23 bits per heavy atom. The van der Waals surface area contributed by atoms with E-state index in [0.29, 0.717) is 6.54 Å². The monoisotopic (exact) mass is 209 g/mol. The minimum Gasteiger partial charge on any atom is -0.392 e. The highest BCUT2D eigenvalue weighted by Gasteiger charge is 2.23. The van der Waals surface area contributed by atoms with Crippen LogP contribution in [0.1, 0.15) is 20.8 Å². The summed E-state index contributed by atoms with van der Waals surface area (Å²) in [6.45, 7) is 5.71. The second-order valence-corrected chi connectivity index (χ2v) is 6.21. The Morgan fingerprint density at radius 2 is 1.92 bits per heavy atom. The Balaban J connectivity index is 3.90. The van der Waals surface area contributed by atoms with E-state index >= 15 is 0 Å². The summed E-state index contributed by atoms with van der Waals surface area (Å²) in [6.07, 6.45) is 0.691. The van der Waals surface area contributed by atoms with E-state index in [1.54, 1.807) is 6.92 Å². The molecule has 0 aromatic carbocycles. The fourth-order valence-corrected chi connectivity index (χ4v) is 1.18. The summed E-state index contributed by atoms with van der Waals surface area (Å²) < 4.78 is 21.6. The molecular weight excluding hydrogens is 190 g/mol. The van der Waals surface area contributed by atoms with Crippen LogP contribution in [0, 0.1) is 0 Å². The van der Waals surface area contributed by atoms with Crippen molar-refractivity contribution in [3.05, 3.63) is 0 Å². The Bertz CT molecular complexity index is 244. The van der Waals surface area contributed by atoms with Crippen LogP contribution in [0.5, 0.6) is 0 Å². The van der Waals surface area contributed by atoms with Crippen LogP contribution in [-0.2, 0) is 9.84 Å². The van der Waals surface area contributed by atoms with Crippen LogP contribution < -0.4 is 5.32 Å². The van der Waals surface area contributed by atoms with E-state index in [1.807, 2.05) is 13.8 Å². The number of nitrogens with one attached hydrogen (secondary N) is 1. The molecule has 5 heteroatoms. The normalized spacial score (nSPS) is 15.8. The van der Waals surface area contributed by atoms with Crippen molar-refractivity contribution in [2.45, 2.75) is 32.4 Å². The predicted molar refractivity (Wildman–Crippen MR) is 53.5 cm³/mol. The summed E-state index contributed by atoms with van der Waals surface area (Å²) >= 11 is 0. The number of hydrogen-bond donors (Lipinski definition) is 2. The molecule has 0 bridgehead atoms. The molecule has 13 heavy (non-hydrogen) atoms. The third kappa shape index (κ3) is 6.01. The van der Waals surface area contributed by atoms with Crippen molar-refractivity contribution >= 4 is 9.84 Å². The molecule has 0 fully saturated rings. The van der Waals surface area contributed by atoms with Crippen molar-refractivity contribution in [2.24, 2.45) is 0 Å². The highest BCUT2D eigenvalue weighted by atomic mass is 32.2. The zero-order valence-electron chi connectivity index (χ0n) is 8.66. The maximum atomic E-state index is 10.8. The molecule has 1 atom stereocenters. The second-order valence-electron chi connectivity index (χ2n) is 3.95. The topological polar surface area (TPSA) is 66.4 Å². The minimum absolute atomic E-state index is 0.100. The lowest BCUT2D eigenvalue weighted by Gasteiger charge is -2.29. The van der Waals surface area contributed by atoms with Gasteiger partial charge in [-0.25, -0.2) is 8.42 Å². The van der Waals surface area contributed by atoms with E-state index < -0.39 is 21.5 Å². The standard InChI is InChI=1S/C8H19NO3S/c1-7(10)8(2,3)9-5-6-13(4,11)12/h7,9-10H,5-6H2,1-4H3. The molecule has 0 aromatic heterocycles. The number of aliphatic hydroxyl groups excluding tert-OH is 1. The predicted octanol–water partition coefficient (Wildman–Crippen LogP) is -0.220. The molecule has 80 valence electrons. The molecule has 0 aliphatic carbocycles. The molecule has 0 amide bonds. The molecule has 1 unspecified atom stereocenters. The van der Waals surface area contributed by atoms with E-state index in [9.17, 15) is 13.5 Å². The first-order valence-electron chi connectivity index (χ1n) is 4.26. The lowest BCUT2D eigenvalue weighted by Crippen LogP contribution is -2.49. The van der Waals surface area contributed by atoms with Gasteiger partial charge in [0.25, 0.3) is 0 Å². The van der Waals surface area contributed by atoms with Crippen molar-refractivity contribution in [1.29, 1.82) is 0 Å². The zero-order chi connectivity index (χ0) is 10.7. The average molecular weight is 209 g/mol. The fraction of sp³-hybridized carbons (Fsp3) is 1.00. The molecule has 0 saturated carbocycles. The summed E-state index contributed by atoms with van der Waals surface area (Å²) in [5.41, 5.74) is -0.440. The molecule has 4 nitrogen and oxygen atoms in total. The van der Waals surface area contributed by atoms with Gasteiger partial charge in [-0.15, -0.1) is 0 Å². The third-order valence-electron chi connectivity index (χ3n) is 2.10. The molecule has 0 aromatic rings. The average Bonchev–Trinajstić information content (AvgIpc) is 1.82. The van der Waals surface area contributed by atoms with Gasteiger partial charge in [0.1, 0.15) is 9.84 Å². The van der Waals surface area contributed by atoms with Gasteiger partial charge in [-0.1, -0.05) is 0 Å².